The number of amides is 1. The van der Waals surface area contributed by atoms with Crippen LogP contribution in [0.2, 0.25) is 0 Å². The molecule has 0 spiro atoms. The first-order valence-corrected chi connectivity index (χ1v) is 8.74. The highest BCUT2D eigenvalue weighted by Gasteiger charge is 2.06. The van der Waals surface area contributed by atoms with Crippen molar-refractivity contribution in [1.29, 1.82) is 0 Å². The summed E-state index contributed by atoms with van der Waals surface area (Å²) in [5.74, 6) is 0.625. The van der Waals surface area contributed by atoms with Crippen LogP contribution in [0.3, 0.4) is 0 Å². The number of pyridine rings is 1. The van der Waals surface area contributed by atoms with Crippen molar-refractivity contribution in [3.8, 4) is 16.9 Å². The molecule has 1 amide bonds. The van der Waals surface area contributed by atoms with Crippen molar-refractivity contribution in [1.82, 2.24) is 25.8 Å². The third kappa shape index (κ3) is 5.65. The zero-order valence-corrected chi connectivity index (χ0v) is 15.2. The van der Waals surface area contributed by atoms with Crippen molar-refractivity contribution in [3.05, 3.63) is 66.2 Å². The van der Waals surface area contributed by atoms with Gasteiger partial charge in [-0.25, -0.2) is 0 Å². The molecule has 2 heterocycles. The van der Waals surface area contributed by atoms with Crippen LogP contribution < -0.4 is 15.4 Å². The summed E-state index contributed by atoms with van der Waals surface area (Å²) in [6.45, 7) is 3.55. The maximum absolute atomic E-state index is 11.8. The van der Waals surface area contributed by atoms with Gasteiger partial charge >= 0.3 is 0 Å². The Morgan fingerprint density at radius 3 is 3.04 bits per heavy atom. The first-order valence-electron chi connectivity index (χ1n) is 8.74. The minimum Gasteiger partial charge on any atom is -0.492 e. The smallest absolute Gasteiger partial charge is 0.234 e. The van der Waals surface area contributed by atoms with E-state index in [1.165, 1.54) is 0 Å². The predicted octanol–water partition coefficient (Wildman–Crippen LogP) is 1.87. The van der Waals surface area contributed by atoms with E-state index < -0.39 is 0 Å². The van der Waals surface area contributed by atoms with Crippen LogP contribution >= 0.6 is 0 Å². The van der Waals surface area contributed by atoms with Gasteiger partial charge in [-0.15, -0.1) is 0 Å². The van der Waals surface area contributed by atoms with Crippen molar-refractivity contribution < 1.29 is 9.53 Å². The lowest BCUT2D eigenvalue weighted by atomic mass is 10.1. The van der Waals surface area contributed by atoms with Gasteiger partial charge in [0.05, 0.1) is 24.5 Å². The number of hydrogen-bond acceptors (Lipinski definition) is 5. The number of rotatable bonds is 9. The molecule has 1 radical (unpaired) electrons. The summed E-state index contributed by atoms with van der Waals surface area (Å²) in [7, 11) is 0. The normalized spacial score (nSPS) is 10.6. The number of carbonyl (C=O) groups excluding carboxylic acids is 1. The summed E-state index contributed by atoms with van der Waals surface area (Å²) in [5, 5.41) is 12.8. The Labute approximate surface area is 158 Å². The van der Waals surface area contributed by atoms with Crippen molar-refractivity contribution >= 4 is 5.91 Å². The number of aromatic nitrogens is 3. The Morgan fingerprint density at radius 1 is 1.33 bits per heavy atom. The van der Waals surface area contributed by atoms with Crippen LogP contribution in [0.4, 0.5) is 0 Å². The fraction of sp³-hybridized carbons (Fsp3) is 0.250. The molecule has 0 aliphatic carbocycles. The van der Waals surface area contributed by atoms with E-state index >= 15 is 0 Å². The van der Waals surface area contributed by atoms with E-state index in [9.17, 15) is 4.79 Å². The van der Waals surface area contributed by atoms with Gasteiger partial charge in [0, 0.05) is 24.5 Å². The Morgan fingerprint density at radius 2 is 2.26 bits per heavy atom. The molecular weight excluding hydrogens is 342 g/mol. The molecule has 3 rings (SSSR count). The Balaban J connectivity index is 1.36. The van der Waals surface area contributed by atoms with Crippen molar-refractivity contribution in [2.75, 3.05) is 19.7 Å². The highest BCUT2D eigenvalue weighted by molar-refractivity contribution is 5.77. The van der Waals surface area contributed by atoms with Crippen LogP contribution in [0, 0.1) is 13.0 Å². The van der Waals surface area contributed by atoms with Crippen LogP contribution in [0.5, 0.6) is 5.75 Å². The number of nitrogens with one attached hydrogen (secondary N) is 3. The van der Waals surface area contributed by atoms with Gasteiger partial charge in [-0.2, -0.15) is 5.10 Å². The molecule has 0 atom stereocenters. The molecule has 0 saturated heterocycles. The predicted molar refractivity (Wildman–Crippen MR) is 102 cm³/mol. The molecule has 3 aromatic rings. The molecule has 7 nitrogen and oxygen atoms in total. The highest BCUT2D eigenvalue weighted by Crippen LogP contribution is 2.24. The quantitative estimate of drug-likeness (QED) is 0.504. The number of carbonyl (C=O) groups is 1. The van der Waals surface area contributed by atoms with Crippen LogP contribution in [0.15, 0.2) is 48.8 Å². The third-order valence-electron chi connectivity index (χ3n) is 3.91. The minimum absolute atomic E-state index is 0.0798. The van der Waals surface area contributed by atoms with E-state index in [0.717, 1.165) is 22.5 Å². The molecule has 139 valence electrons. The van der Waals surface area contributed by atoms with E-state index in [2.05, 4.69) is 31.9 Å². The van der Waals surface area contributed by atoms with E-state index in [4.69, 9.17) is 4.74 Å². The van der Waals surface area contributed by atoms with E-state index in [1.807, 2.05) is 43.5 Å². The summed E-state index contributed by atoms with van der Waals surface area (Å²) < 4.78 is 5.70. The number of H-pyrrole nitrogens is 1. The molecule has 0 aliphatic rings. The first-order chi connectivity index (χ1) is 13.2. The average Bonchev–Trinajstić information content (AvgIpc) is 3.12. The number of nitrogens with zero attached hydrogens (tertiary/aromatic N) is 2. The second-order valence-electron chi connectivity index (χ2n) is 5.96. The lowest BCUT2D eigenvalue weighted by molar-refractivity contribution is -0.120. The van der Waals surface area contributed by atoms with E-state index in [-0.39, 0.29) is 12.5 Å². The number of hydrogen-bond donors (Lipinski definition) is 3. The van der Waals surface area contributed by atoms with Crippen LogP contribution in [0.25, 0.3) is 11.1 Å². The largest absolute Gasteiger partial charge is 0.492 e. The molecule has 27 heavy (non-hydrogen) atoms. The Bertz CT molecular complexity index is 864. The summed E-state index contributed by atoms with van der Waals surface area (Å²) >= 11 is 0. The molecule has 3 N–H and O–H groups in total. The van der Waals surface area contributed by atoms with Crippen molar-refractivity contribution in [2.45, 2.75) is 13.5 Å². The van der Waals surface area contributed by atoms with Crippen LogP contribution in [0.1, 0.15) is 11.4 Å². The second kappa shape index (κ2) is 9.49. The van der Waals surface area contributed by atoms with Crippen molar-refractivity contribution in [3.63, 3.8) is 0 Å². The number of aryl methyl sites for hydroxylation is 1. The first kappa shape index (κ1) is 18.6. The van der Waals surface area contributed by atoms with Crippen LogP contribution in [-0.4, -0.2) is 40.8 Å². The van der Waals surface area contributed by atoms with Crippen LogP contribution in [-0.2, 0) is 11.3 Å². The van der Waals surface area contributed by atoms with Gasteiger partial charge in [0.2, 0.25) is 5.91 Å². The van der Waals surface area contributed by atoms with Gasteiger partial charge in [-0.1, -0.05) is 6.07 Å². The van der Waals surface area contributed by atoms with E-state index in [1.54, 1.807) is 12.3 Å². The van der Waals surface area contributed by atoms with Gasteiger partial charge in [0.15, 0.2) is 0 Å². The van der Waals surface area contributed by atoms with Gasteiger partial charge in [0.25, 0.3) is 0 Å². The summed E-state index contributed by atoms with van der Waals surface area (Å²) in [4.78, 5) is 16.0. The summed E-state index contributed by atoms with van der Waals surface area (Å²) in [6.07, 6.45) is 3.58. The molecule has 0 aliphatic heterocycles. The average molecular weight is 364 g/mol. The lowest BCUT2D eigenvalue weighted by Crippen LogP contribution is -2.35. The fourth-order valence-electron chi connectivity index (χ4n) is 2.57. The number of ether oxygens (including phenoxy) is 1. The highest BCUT2D eigenvalue weighted by atomic mass is 16.5. The SMILES string of the molecule is Cc1n[nH]cc1-c1c[c]cc(OCCNC(=O)CNCc2ccccn2)c1. The number of benzene rings is 1. The summed E-state index contributed by atoms with van der Waals surface area (Å²) in [6, 6.07) is 14.4. The topological polar surface area (TPSA) is 91.9 Å². The molecular formula is C20H22N5O2. The molecule has 0 unspecified atom stereocenters. The molecule has 0 saturated carbocycles. The molecule has 0 fully saturated rings. The molecule has 0 bridgehead atoms. The van der Waals surface area contributed by atoms with Crippen molar-refractivity contribution in [2.24, 2.45) is 0 Å². The standard InChI is InChI=1S/C20H22N5O2/c1-15-19(13-24-25-15)16-5-4-7-18(11-16)27-10-9-23-20(26)14-21-12-17-6-2-3-8-22-17/h2-3,5-8,11,13,21H,9-10,12,14H2,1H3,(H,23,26)(H,24,25). The fourth-order valence-corrected chi connectivity index (χ4v) is 2.57. The monoisotopic (exact) mass is 364 g/mol. The zero-order chi connectivity index (χ0) is 18.9. The Kier molecular flexibility index (Phi) is 6.54. The Hall–Kier alpha value is -3.19. The van der Waals surface area contributed by atoms with Gasteiger partial charge in [-0.05, 0) is 48.9 Å². The van der Waals surface area contributed by atoms with E-state index in [0.29, 0.717) is 25.4 Å². The summed E-state index contributed by atoms with van der Waals surface area (Å²) in [5.41, 5.74) is 3.83. The maximum Gasteiger partial charge on any atom is 0.234 e. The minimum atomic E-state index is -0.0798. The zero-order valence-electron chi connectivity index (χ0n) is 15.2. The van der Waals surface area contributed by atoms with Gasteiger partial charge in [-0.3, -0.25) is 14.9 Å². The molecule has 1 aromatic carbocycles. The molecule has 7 heteroatoms. The molecule has 2 aromatic heterocycles. The number of aromatic amines is 1. The third-order valence-corrected chi connectivity index (χ3v) is 3.91. The van der Waals surface area contributed by atoms with Gasteiger partial charge in [0.1, 0.15) is 12.4 Å². The second-order valence-corrected chi connectivity index (χ2v) is 5.96. The maximum atomic E-state index is 11.8. The van der Waals surface area contributed by atoms with Gasteiger partial charge < -0.3 is 15.4 Å². The lowest BCUT2D eigenvalue weighted by Gasteiger charge is -2.09.